The van der Waals surface area contributed by atoms with Gasteiger partial charge in [-0.1, -0.05) is 5.92 Å². The Hall–Kier alpha value is -2.35. The second-order valence-electron chi connectivity index (χ2n) is 4.22. The van der Waals surface area contributed by atoms with Gasteiger partial charge in [-0.3, -0.25) is 4.79 Å². The minimum absolute atomic E-state index is 0.304. The second-order valence-corrected chi connectivity index (χ2v) is 4.22. The number of rotatable bonds is 0. The number of hydrogen-bond donors (Lipinski definition) is 1. The lowest BCUT2D eigenvalue weighted by Crippen LogP contribution is -2.34. The molecule has 0 unspecified atom stereocenters. The summed E-state index contributed by atoms with van der Waals surface area (Å²) < 4.78 is 12.3. The lowest BCUT2D eigenvalue weighted by molar-refractivity contribution is -0.103. The minimum Gasteiger partial charge on any atom is -0.465 e. The van der Waals surface area contributed by atoms with Crippen molar-refractivity contribution in [3.05, 3.63) is 35.6 Å². The summed E-state index contributed by atoms with van der Waals surface area (Å²) in [6.45, 7) is 1.46. The van der Waals surface area contributed by atoms with Gasteiger partial charge in [0.05, 0.1) is 0 Å². The number of piperidine rings is 1. The van der Waals surface area contributed by atoms with Crippen molar-refractivity contribution < 1.29 is 19.1 Å². The third-order valence-electron chi connectivity index (χ3n) is 2.75. The predicted molar refractivity (Wildman–Crippen MR) is 72.8 cm³/mol. The Morgan fingerprint density at radius 3 is 2.25 bits per heavy atom. The van der Waals surface area contributed by atoms with E-state index in [2.05, 4.69) is 11.8 Å². The molecule has 0 aliphatic carbocycles. The first kappa shape index (κ1) is 15.7. The van der Waals surface area contributed by atoms with Gasteiger partial charge < -0.3 is 10.0 Å². The number of benzene rings is 1. The smallest absolute Gasteiger partial charge is 0.407 e. The molecule has 1 fully saturated rings. The van der Waals surface area contributed by atoms with Crippen LogP contribution in [0.4, 0.5) is 9.18 Å². The summed E-state index contributed by atoms with van der Waals surface area (Å²) in [5.74, 6) is 4.46. The summed E-state index contributed by atoms with van der Waals surface area (Å²) in [6.07, 6.45) is 2.99. The Bertz CT molecular complexity index is 496. The predicted octanol–water partition coefficient (Wildman–Crippen LogP) is 2.53. The molecule has 20 heavy (non-hydrogen) atoms. The highest BCUT2D eigenvalue weighted by Gasteiger charge is 2.13. The fraction of sp³-hybridized carbons (Fsp3) is 0.333. The van der Waals surface area contributed by atoms with Crippen molar-refractivity contribution in [3.63, 3.8) is 0 Å². The van der Waals surface area contributed by atoms with E-state index in [1.165, 1.54) is 35.6 Å². The van der Waals surface area contributed by atoms with Crippen LogP contribution in [0.15, 0.2) is 24.3 Å². The molecule has 0 atom stereocenters. The van der Waals surface area contributed by atoms with Gasteiger partial charge in [0.1, 0.15) is 5.82 Å². The molecule has 1 N–H and O–H groups in total. The van der Waals surface area contributed by atoms with Gasteiger partial charge in [-0.15, -0.1) is 0 Å². The number of nitrogens with zero attached hydrogens (tertiary/aromatic N) is 1. The number of carbonyl (C=O) groups excluding carboxylic acids is 1. The lowest BCUT2D eigenvalue weighted by Gasteiger charge is -2.22. The van der Waals surface area contributed by atoms with E-state index < -0.39 is 6.09 Å². The van der Waals surface area contributed by atoms with Gasteiger partial charge in [-0.25, -0.2) is 9.18 Å². The second kappa shape index (κ2) is 8.70. The van der Waals surface area contributed by atoms with E-state index in [0.717, 1.165) is 25.9 Å². The molecule has 2 rings (SSSR count). The molecule has 1 aromatic rings. The molecule has 0 aromatic heterocycles. The van der Waals surface area contributed by atoms with E-state index in [0.29, 0.717) is 11.8 Å². The number of halogens is 1. The van der Waals surface area contributed by atoms with Gasteiger partial charge >= 0.3 is 6.09 Å². The van der Waals surface area contributed by atoms with Crippen molar-refractivity contribution in [1.82, 2.24) is 4.90 Å². The molecule has 1 aliphatic heterocycles. The highest BCUT2D eigenvalue weighted by molar-refractivity contribution is 5.73. The molecule has 0 radical (unpaired) electrons. The maximum atomic E-state index is 12.3. The first-order chi connectivity index (χ1) is 9.63. The molecule has 1 amide bonds. The normalized spacial score (nSPS) is 13.3. The molecule has 5 heteroatoms. The zero-order valence-corrected chi connectivity index (χ0v) is 11.0. The zero-order chi connectivity index (χ0) is 14.8. The van der Waals surface area contributed by atoms with Crippen LogP contribution in [0, 0.1) is 17.7 Å². The third kappa shape index (κ3) is 6.01. The van der Waals surface area contributed by atoms with E-state index in [1.54, 1.807) is 0 Å². The van der Waals surface area contributed by atoms with Gasteiger partial charge in [0.2, 0.25) is 0 Å². The first-order valence-electron chi connectivity index (χ1n) is 6.32. The fourth-order valence-electron chi connectivity index (χ4n) is 1.73. The lowest BCUT2D eigenvalue weighted by atomic mass is 10.1. The number of aldehydes is 1. The van der Waals surface area contributed by atoms with Gasteiger partial charge in [-0.05, 0) is 49.4 Å². The van der Waals surface area contributed by atoms with Crippen LogP contribution in [0.2, 0.25) is 0 Å². The summed E-state index contributed by atoms with van der Waals surface area (Å²) in [4.78, 5) is 21.6. The van der Waals surface area contributed by atoms with E-state index in [9.17, 15) is 14.0 Å². The van der Waals surface area contributed by atoms with Crippen molar-refractivity contribution in [2.24, 2.45) is 0 Å². The third-order valence-corrected chi connectivity index (χ3v) is 2.75. The minimum atomic E-state index is -0.769. The summed E-state index contributed by atoms with van der Waals surface area (Å²) in [5, 5.41) is 8.46. The topological polar surface area (TPSA) is 57.6 Å². The molecule has 1 heterocycles. The Morgan fingerprint density at radius 1 is 1.20 bits per heavy atom. The summed E-state index contributed by atoms with van der Waals surface area (Å²) in [7, 11) is 0. The van der Waals surface area contributed by atoms with Crippen LogP contribution < -0.4 is 0 Å². The standard InChI is InChI=1S/C9H5FO.C6H11NO2/c10-9-5-3-8(4-6-9)2-1-7-11;8-6(9)7-4-2-1-3-5-7/h3-7H;1-5H2,(H,8,9). The Morgan fingerprint density at radius 2 is 1.80 bits per heavy atom. The number of likely N-dealkylation sites (tertiary alicyclic amines) is 1. The maximum Gasteiger partial charge on any atom is 0.407 e. The molecule has 0 spiro atoms. The van der Waals surface area contributed by atoms with E-state index >= 15 is 0 Å². The van der Waals surface area contributed by atoms with Crippen molar-refractivity contribution >= 4 is 12.4 Å². The van der Waals surface area contributed by atoms with Crippen molar-refractivity contribution in [2.45, 2.75) is 19.3 Å². The number of carboxylic acid groups (broad SMARTS) is 1. The van der Waals surface area contributed by atoms with Crippen LogP contribution in [0.5, 0.6) is 0 Å². The molecule has 1 saturated heterocycles. The van der Waals surface area contributed by atoms with E-state index in [1.807, 2.05) is 0 Å². The average Bonchev–Trinajstić information content (AvgIpc) is 2.48. The van der Waals surface area contributed by atoms with Gasteiger partial charge in [0.15, 0.2) is 6.29 Å². The number of hydrogen-bond acceptors (Lipinski definition) is 2. The van der Waals surface area contributed by atoms with Crippen LogP contribution in [-0.2, 0) is 4.79 Å². The molecule has 1 aromatic carbocycles. The van der Waals surface area contributed by atoms with Gasteiger partial charge in [-0.2, -0.15) is 0 Å². The molecule has 0 bridgehead atoms. The van der Waals surface area contributed by atoms with E-state index in [-0.39, 0.29) is 5.82 Å². The molecular formula is C15H16FNO3. The monoisotopic (exact) mass is 277 g/mol. The average molecular weight is 277 g/mol. The molecule has 0 saturated carbocycles. The molecule has 1 aliphatic rings. The highest BCUT2D eigenvalue weighted by Crippen LogP contribution is 2.07. The summed E-state index contributed by atoms with van der Waals surface area (Å²) >= 11 is 0. The van der Waals surface area contributed by atoms with Gasteiger partial charge in [0.25, 0.3) is 0 Å². The SMILES string of the molecule is O=C(O)N1CCCCC1.O=CC#Cc1ccc(F)cc1. The maximum absolute atomic E-state index is 12.3. The van der Waals surface area contributed by atoms with Gasteiger partial charge in [0, 0.05) is 18.7 Å². The van der Waals surface area contributed by atoms with E-state index in [4.69, 9.17) is 5.11 Å². The summed E-state index contributed by atoms with van der Waals surface area (Å²) in [5.41, 5.74) is 0.638. The van der Waals surface area contributed by atoms with Crippen LogP contribution in [0.3, 0.4) is 0 Å². The quantitative estimate of drug-likeness (QED) is 0.585. The molecule has 106 valence electrons. The molecule has 4 nitrogen and oxygen atoms in total. The Kier molecular flexibility index (Phi) is 6.83. The highest BCUT2D eigenvalue weighted by atomic mass is 19.1. The van der Waals surface area contributed by atoms with Crippen LogP contribution in [-0.4, -0.2) is 35.5 Å². The van der Waals surface area contributed by atoms with Crippen molar-refractivity contribution in [1.29, 1.82) is 0 Å². The first-order valence-corrected chi connectivity index (χ1v) is 6.32. The fourth-order valence-corrected chi connectivity index (χ4v) is 1.73. The number of carbonyl (C=O) groups is 2. The number of amides is 1. The largest absolute Gasteiger partial charge is 0.465 e. The Labute approximate surface area is 117 Å². The summed E-state index contributed by atoms with van der Waals surface area (Å²) in [6, 6.07) is 5.64. The van der Waals surface area contributed by atoms with Crippen molar-refractivity contribution in [3.8, 4) is 11.8 Å². The Balaban J connectivity index is 0.000000204. The van der Waals surface area contributed by atoms with Crippen LogP contribution in [0.1, 0.15) is 24.8 Å². The molecular weight excluding hydrogens is 261 g/mol. The van der Waals surface area contributed by atoms with Crippen LogP contribution >= 0.6 is 0 Å². The van der Waals surface area contributed by atoms with Crippen molar-refractivity contribution in [2.75, 3.05) is 13.1 Å². The van der Waals surface area contributed by atoms with Crippen LogP contribution in [0.25, 0.3) is 0 Å². The zero-order valence-electron chi connectivity index (χ0n) is 11.0.